The van der Waals surface area contributed by atoms with Crippen molar-refractivity contribution in [3.63, 3.8) is 0 Å². The van der Waals surface area contributed by atoms with Gasteiger partial charge in [-0.05, 0) is 386 Å². The lowest BCUT2D eigenvalue weighted by molar-refractivity contribution is -0.150. The van der Waals surface area contributed by atoms with E-state index < -0.39 is 37.2 Å². The summed E-state index contributed by atoms with van der Waals surface area (Å²) < 4.78 is 100. The number of likely N-dealkylation sites (tertiary alicyclic amines) is 8. The number of amides is 2. The van der Waals surface area contributed by atoms with Gasteiger partial charge in [0.15, 0.2) is 0 Å². The molecule has 30 heteroatoms. The lowest BCUT2D eigenvalue weighted by atomic mass is 9.99. The van der Waals surface area contributed by atoms with Gasteiger partial charge in [0, 0.05) is 242 Å². The number of rotatable bonds is 4. The van der Waals surface area contributed by atoms with Gasteiger partial charge in [-0.15, -0.1) is 0 Å². The summed E-state index contributed by atoms with van der Waals surface area (Å²) in [4.78, 5) is 58.1. The van der Waals surface area contributed by atoms with Gasteiger partial charge in [0.1, 0.15) is 18.5 Å². The van der Waals surface area contributed by atoms with Crippen molar-refractivity contribution in [3.05, 3.63) is 0 Å². The minimum absolute atomic E-state index is 0.0551. The number of carbonyl (C=O) groups is 2. The van der Waals surface area contributed by atoms with Gasteiger partial charge in [-0.25, -0.2) is 22.0 Å². The molecule has 13 saturated heterocycles. The molecule has 13 heterocycles. The van der Waals surface area contributed by atoms with Gasteiger partial charge in [0.25, 0.3) is 5.92 Å². The zero-order valence-electron chi connectivity index (χ0n) is 98.5. The highest BCUT2D eigenvalue weighted by atomic mass is 32.2. The number of halogens is 8. The average molecular weight is 2050 g/mol. The highest BCUT2D eigenvalue weighted by Gasteiger charge is 2.41. The molecule has 4 atom stereocenters. The third-order valence-corrected chi connectivity index (χ3v) is 30.1. The van der Waals surface area contributed by atoms with Crippen LogP contribution in [0.4, 0.5) is 35.1 Å². The second kappa shape index (κ2) is 64.1. The molecule has 0 radical (unpaired) electrons. The van der Waals surface area contributed by atoms with Crippen molar-refractivity contribution in [2.45, 2.75) is 468 Å². The molecule has 0 aromatic carbocycles. The number of piperazine rings is 4. The van der Waals surface area contributed by atoms with E-state index in [0.29, 0.717) is 86.0 Å². The third kappa shape index (κ3) is 62.6. The molecule has 13 fully saturated rings. The lowest BCUT2D eigenvalue weighted by Gasteiger charge is -2.42. The Morgan fingerprint density at radius 2 is 0.667 bits per heavy atom. The number of aliphatic hydroxyl groups excluding tert-OH is 2. The van der Waals surface area contributed by atoms with Gasteiger partial charge < -0.3 is 25.3 Å². The Kier molecular flexibility index (Phi) is 62.4. The maximum Gasteiger partial charge on any atom is 0.401 e. The number of likely N-dealkylation sites (N-methyl/N-ethyl adjacent to an activating group) is 2. The fourth-order valence-electron chi connectivity index (χ4n) is 18.7. The number of aliphatic hydroxyl groups is 2. The Morgan fingerprint density at radius 3 is 0.972 bits per heavy atom. The first-order valence-corrected chi connectivity index (χ1v) is 56.4. The SMILES string of the molecule is CC(C)(C)N1CCC(F)CC1.CC(C)(C)N1CCCC(F)(F)C1.CC(C)(C)N1CCCC(F)C1.CC(C)(C)N1CCCCC1.CC(C)(C)N1CCCCC1.CC(C)(C)N1CCN(CC(F)(F)F)CC1.CC(C)(C)N1CCNC(=O)C1.CC(C)(C)N1CCSCC1.CC(C)N1CCC(F)C1.CC(C)N1CCC(O)C1.CC(C)N1CCCC(O)C1.CN1CCN(C(C)(C)C)CC1.CN1CCN(C(C)(C)C)CC1=O. The largest absolute Gasteiger partial charge is 0.401 e. The molecule has 21 nitrogen and oxygen atoms in total. The maximum atomic E-state index is 12.9. The minimum atomic E-state index is -4.07. The summed E-state index contributed by atoms with van der Waals surface area (Å²) >= 11 is 2.07. The fourth-order valence-corrected chi connectivity index (χ4v) is 19.6. The summed E-state index contributed by atoms with van der Waals surface area (Å²) in [5.41, 5.74) is 2.11. The fraction of sp³-hybridized carbons (Fsp3) is 0.982. The molecule has 0 spiro atoms. The van der Waals surface area contributed by atoms with E-state index in [-0.39, 0.29) is 70.2 Å². The van der Waals surface area contributed by atoms with Crippen molar-refractivity contribution in [2.24, 2.45) is 0 Å². The van der Waals surface area contributed by atoms with Crippen LogP contribution in [0.1, 0.15) is 352 Å². The van der Waals surface area contributed by atoms with Crippen molar-refractivity contribution in [2.75, 3.05) is 242 Å². The molecule has 0 aromatic rings. The molecule has 0 aromatic heterocycles. The van der Waals surface area contributed by atoms with E-state index >= 15 is 0 Å². The van der Waals surface area contributed by atoms with Crippen molar-refractivity contribution in [3.8, 4) is 0 Å². The number of hydrogen-bond donors (Lipinski definition) is 3. The summed E-state index contributed by atoms with van der Waals surface area (Å²) in [5.74, 6) is 0.544. The molecule has 4 unspecified atom stereocenters. The first-order valence-electron chi connectivity index (χ1n) is 55.3. The maximum absolute atomic E-state index is 12.9. The molecule has 141 heavy (non-hydrogen) atoms. The highest BCUT2D eigenvalue weighted by molar-refractivity contribution is 7.99. The summed E-state index contributed by atoms with van der Waals surface area (Å²) in [5, 5.41) is 21.2. The van der Waals surface area contributed by atoms with Crippen molar-refractivity contribution < 1.29 is 54.9 Å². The predicted octanol–water partition coefficient (Wildman–Crippen LogP) is 19.9. The molecule has 0 aliphatic carbocycles. The second-order valence-electron chi connectivity index (χ2n) is 52.7. The van der Waals surface area contributed by atoms with Gasteiger partial charge in [-0.1, -0.05) is 12.8 Å². The highest BCUT2D eigenvalue weighted by Crippen LogP contribution is 2.32. The van der Waals surface area contributed by atoms with Crippen LogP contribution in [0.25, 0.3) is 0 Å². The molecule has 2 amide bonds. The zero-order chi connectivity index (χ0) is 108. The monoisotopic (exact) mass is 2050 g/mol. The van der Waals surface area contributed by atoms with Gasteiger partial charge >= 0.3 is 6.18 Å². The third-order valence-electron chi connectivity index (χ3n) is 29.1. The van der Waals surface area contributed by atoms with Crippen LogP contribution in [0.2, 0.25) is 0 Å². The Bertz CT molecular complexity index is 3080. The van der Waals surface area contributed by atoms with Crippen LogP contribution in [0.3, 0.4) is 0 Å². The van der Waals surface area contributed by atoms with E-state index in [2.05, 4.69) is 316 Å². The number of alkyl halides is 8. The quantitative estimate of drug-likeness (QED) is 0.230. The van der Waals surface area contributed by atoms with Crippen LogP contribution in [-0.4, -0.2) is 458 Å². The number of thioether (sulfide) groups is 1. The topological polar surface area (TPSA) is 138 Å². The minimum Gasteiger partial charge on any atom is -0.392 e. The van der Waals surface area contributed by atoms with Crippen LogP contribution in [0, 0.1) is 0 Å². The number of nitrogens with one attached hydrogen (secondary N) is 1. The van der Waals surface area contributed by atoms with Gasteiger partial charge in [0.05, 0.1) is 38.4 Å². The molecule has 13 aliphatic heterocycles. The van der Waals surface area contributed by atoms with Crippen molar-refractivity contribution >= 4 is 23.6 Å². The smallest absolute Gasteiger partial charge is 0.392 e. The molecule has 3 N–H and O–H groups in total. The van der Waals surface area contributed by atoms with Crippen LogP contribution >= 0.6 is 11.8 Å². The predicted molar refractivity (Wildman–Crippen MR) is 587 cm³/mol. The van der Waals surface area contributed by atoms with E-state index in [9.17, 15) is 49.8 Å². The number of hydrogen-bond acceptors (Lipinski definition) is 20. The average Bonchev–Trinajstić information content (AvgIpc) is 1.81. The van der Waals surface area contributed by atoms with Crippen LogP contribution in [0.15, 0.2) is 0 Å². The van der Waals surface area contributed by atoms with Gasteiger partial charge in [0.2, 0.25) is 11.8 Å². The normalized spacial score (nSPS) is 24.9. The molecule has 0 saturated carbocycles. The molecule has 13 aliphatic rings. The van der Waals surface area contributed by atoms with E-state index in [4.69, 9.17) is 5.11 Å². The van der Waals surface area contributed by atoms with Crippen LogP contribution in [0.5, 0.6) is 0 Å². The van der Waals surface area contributed by atoms with Crippen molar-refractivity contribution in [1.29, 1.82) is 0 Å². The first-order chi connectivity index (χ1) is 64.3. The van der Waals surface area contributed by atoms with E-state index in [1.54, 1.807) is 4.90 Å². The number of nitrogens with zero attached hydrogens (tertiary/aromatic N) is 16. The number of carbonyl (C=O) groups excluding carboxylic acids is 2. The van der Waals surface area contributed by atoms with E-state index in [0.717, 1.165) is 150 Å². The molecular formula is C111H227F8N17O4S. The molecule has 13 rings (SSSR count). The van der Waals surface area contributed by atoms with E-state index in [1.807, 2.05) is 32.7 Å². The lowest BCUT2D eigenvalue weighted by Crippen LogP contribution is -2.55. The number of β-amino-alcohol motifs (C(OH)–C–C–N with tert-alkyl or cyclic N) is 2. The van der Waals surface area contributed by atoms with Crippen molar-refractivity contribution in [1.82, 2.24) is 83.7 Å². The summed E-state index contributed by atoms with van der Waals surface area (Å²) in [6, 6.07) is 1.71. The summed E-state index contributed by atoms with van der Waals surface area (Å²) in [6.45, 7) is 107. The van der Waals surface area contributed by atoms with Crippen LogP contribution < -0.4 is 5.32 Å². The first kappa shape index (κ1) is 137. The summed E-state index contributed by atoms with van der Waals surface area (Å²) in [6.07, 6.45) is 10.3. The zero-order valence-corrected chi connectivity index (χ0v) is 99.3. The standard InChI is InChI=1S/C10H19F3N2.C9H17F2N.2C9H18FN.C9H18N2O.C9H20N2.2C9H19N.C8H16N2O.C8H17NO.C8H17NS.C7H14FN.C7H15NO/c1-9(2,3)15-6-4-14(5-7-15)8-10(11,12)13;1-8(2,3)12-6-4-5-9(10,11)7-12;1-9(2,3)11-6-4-8(10)5-7-11;1-9(2,3)11-6-4-5-8(10)7-11;1-9(2,3)11-6-5-10(4)8(12)7-11;1-9(2,3)11-7-5-10(4)6-8-11;2*1-9(2,3)10-7-5-4-6-8-10;1-8(2,3)10-5-4-9-7(11)6-10;1-7(2)9-5-3-4-8(10)6-9;1-8(2,3)9-4-6-10-7-5-9;1-6(2)9-4-3-7(8)5-9;1-6(2)8-4-3-7(9)5-8/h4-8H2,1-3H3;4-7H2,1-3H3;2*8H,4-7H2,1-3H3;5-7H2,1-4H3;5-8H2,1-4H3;2*4-8H2,1-3H3;4-6H2,1-3H3,(H,9,11);7-8,10H,3-6H2,1-2H3;4-7H2,1-3H3;6-7H,3-5H2,1-2H3;6-7,9H,3-5H2,1-2H3. The molecule has 0 bridgehead atoms. The number of piperidine rings is 6. The Labute approximate surface area is 867 Å². The molecule has 842 valence electrons. The Morgan fingerprint density at radius 1 is 0.333 bits per heavy atom. The molecular weight excluding hydrogens is 1820 g/mol. The Hall–Kier alpha value is -1.95. The van der Waals surface area contributed by atoms with E-state index in [1.165, 1.54) is 120 Å². The van der Waals surface area contributed by atoms with Crippen LogP contribution in [-0.2, 0) is 9.59 Å². The Balaban J connectivity index is 0.000000765. The second-order valence-corrected chi connectivity index (χ2v) is 53.9. The van der Waals surface area contributed by atoms with Gasteiger partial charge in [-0.2, -0.15) is 24.9 Å². The van der Waals surface area contributed by atoms with Gasteiger partial charge in [-0.3, -0.25) is 78.2 Å². The summed E-state index contributed by atoms with van der Waals surface area (Å²) in [7, 11) is 4.06.